The normalized spacial score (nSPS) is 16.9. The van der Waals surface area contributed by atoms with Crippen LogP contribution in [0.1, 0.15) is 5.56 Å². The number of amides is 1. The van der Waals surface area contributed by atoms with Gasteiger partial charge in [-0.25, -0.2) is 9.18 Å². The van der Waals surface area contributed by atoms with E-state index in [-0.39, 0.29) is 5.82 Å². The molecule has 18 heavy (non-hydrogen) atoms. The number of carbonyl (C=O) groups is 1. The molecule has 1 saturated heterocycles. The Bertz CT molecular complexity index is 448. The van der Waals surface area contributed by atoms with E-state index >= 15 is 0 Å². The van der Waals surface area contributed by atoms with Crippen molar-refractivity contribution in [2.45, 2.75) is 6.54 Å². The van der Waals surface area contributed by atoms with E-state index < -0.39 is 6.09 Å². The fraction of sp³-hybridized carbons (Fsp3) is 0.417. The molecule has 0 radical (unpaired) electrons. The topological polar surface area (TPSA) is 43.8 Å². The minimum atomic E-state index is -0.862. The molecule has 1 aliphatic rings. The van der Waals surface area contributed by atoms with Crippen molar-refractivity contribution in [2.24, 2.45) is 0 Å². The summed E-state index contributed by atoms with van der Waals surface area (Å²) in [5, 5.41) is 8.84. The summed E-state index contributed by atoms with van der Waals surface area (Å²) in [6.45, 7) is 3.18. The quantitative estimate of drug-likeness (QED) is 0.911. The van der Waals surface area contributed by atoms with Crippen molar-refractivity contribution >= 4 is 22.0 Å². The van der Waals surface area contributed by atoms with Crippen LogP contribution in [0.3, 0.4) is 0 Å². The van der Waals surface area contributed by atoms with Crippen LogP contribution in [-0.4, -0.2) is 47.2 Å². The van der Waals surface area contributed by atoms with Gasteiger partial charge in [0.1, 0.15) is 5.82 Å². The van der Waals surface area contributed by atoms with E-state index in [1.165, 1.54) is 11.0 Å². The highest BCUT2D eigenvalue weighted by Crippen LogP contribution is 2.18. The zero-order valence-electron chi connectivity index (χ0n) is 9.77. The molecule has 2 rings (SSSR count). The molecular formula is C12H14BrFN2O2. The number of rotatable bonds is 2. The van der Waals surface area contributed by atoms with Gasteiger partial charge in [0.15, 0.2) is 0 Å². The van der Waals surface area contributed by atoms with E-state index in [0.29, 0.717) is 37.2 Å². The van der Waals surface area contributed by atoms with Gasteiger partial charge in [-0.2, -0.15) is 0 Å². The molecule has 1 heterocycles. The Labute approximate surface area is 113 Å². The fourth-order valence-corrected chi connectivity index (χ4v) is 2.42. The molecule has 0 unspecified atom stereocenters. The van der Waals surface area contributed by atoms with E-state index in [1.54, 1.807) is 12.1 Å². The molecule has 0 atom stereocenters. The van der Waals surface area contributed by atoms with E-state index in [1.807, 2.05) is 0 Å². The average molecular weight is 317 g/mol. The Morgan fingerprint density at radius 2 is 2.00 bits per heavy atom. The minimum Gasteiger partial charge on any atom is -0.465 e. The van der Waals surface area contributed by atoms with Gasteiger partial charge in [-0.05, 0) is 33.6 Å². The maximum Gasteiger partial charge on any atom is 0.407 e. The first-order valence-corrected chi connectivity index (χ1v) is 6.50. The summed E-state index contributed by atoms with van der Waals surface area (Å²) in [5.41, 5.74) is 1.02. The number of nitrogens with zero attached hydrogens (tertiary/aromatic N) is 2. The molecule has 0 bridgehead atoms. The third kappa shape index (κ3) is 3.20. The fourth-order valence-electron chi connectivity index (χ4n) is 1.99. The van der Waals surface area contributed by atoms with Crippen LogP contribution in [0, 0.1) is 5.82 Å². The SMILES string of the molecule is O=C(O)N1CCN(Cc2ccc(F)c(Br)c2)CC1. The van der Waals surface area contributed by atoms with Crippen LogP contribution in [-0.2, 0) is 6.54 Å². The summed E-state index contributed by atoms with van der Waals surface area (Å²) in [5.74, 6) is -0.269. The highest BCUT2D eigenvalue weighted by Gasteiger charge is 2.20. The molecule has 1 aliphatic heterocycles. The average Bonchev–Trinajstić information content (AvgIpc) is 2.34. The van der Waals surface area contributed by atoms with Gasteiger partial charge in [-0.1, -0.05) is 6.07 Å². The molecule has 0 aliphatic carbocycles. The third-order valence-corrected chi connectivity index (χ3v) is 3.64. The van der Waals surface area contributed by atoms with Crippen molar-refractivity contribution in [1.82, 2.24) is 9.80 Å². The molecular weight excluding hydrogens is 303 g/mol. The van der Waals surface area contributed by atoms with E-state index in [9.17, 15) is 9.18 Å². The summed E-state index contributed by atoms with van der Waals surface area (Å²) in [6, 6.07) is 4.95. The summed E-state index contributed by atoms with van der Waals surface area (Å²) in [4.78, 5) is 14.3. The predicted octanol–water partition coefficient (Wildman–Crippen LogP) is 2.38. The lowest BCUT2D eigenvalue weighted by Crippen LogP contribution is -2.47. The molecule has 98 valence electrons. The number of piperazine rings is 1. The van der Waals surface area contributed by atoms with Crippen molar-refractivity contribution in [3.8, 4) is 0 Å². The zero-order chi connectivity index (χ0) is 13.1. The van der Waals surface area contributed by atoms with Crippen LogP contribution in [0.25, 0.3) is 0 Å². The zero-order valence-corrected chi connectivity index (χ0v) is 11.4. The van der Waals surface area contributed by atoms with Crippen molar-refractivity contribution in [2.75, 3.05) is 26.2 Å². The number of carboxylic acid groups (broad SMARTS) is 1. The molecule has 1 amide bonds. The van der Waals surface area contributed by atoms with E-state index in [2.05, 4.69) is 20.8 Å². The molecule has 0 aromatic heterocycles. The Morgan fingerprint density at radius 1 is 1.33 bits per heavy atom. The lowest BCUT2D eigenvalue weighted by Gasteiger charge is -2.33. The summed E-state index contributed by atoms with van der Waals surface area (Å²) in [6.07, 6.45) is -0.862. The van der Waals surface area contributed by atoms with Crippen LogP contribution in [0.2, 0.25) is 0 Å². The van der Waals surface area contributed by atoms with Crippen molar-refractivity contribution in [1.29, 1.82) is 0 Å². The molecule has 0 spiro atoms. The van der Waals surface area contributed by atoms with Gasteiger partial charge in [-0.3, -0.25) is 4.90 Å². The number of benzene rings is 1. The standard InChI is InChI=1S/C12H14BrFN2O2/c13-10-7-9(1-2-11(10)14)8-15-3-5-16(6-4-15)12(17)18/h1-2,7H,3-6,8H2,(H,17,18). The highest BCUT2D eigenvalue weighted by molar-refractivity contribution is 9.10. The molecule has 1 fully saturated rings. The minimum absolute atomic E-state index is 0.269. The number of hydrogen-bond acceptors (Lipinski definition) is 2. The van der Waals surface area contributed by atoms with E-state index in [0.717, 1.165) is 5.56 Å². The molecule has 6 heteroatoms. The Kier molecular flexibility index (Phi) is 4.19. The van der Waals surface area contributed by atoms with Gasteiger partial charge in [0.2, 0.25) is 0 Å². The first-order valence-electron chi connectivity index (χ1n) is 5.70. The second-order valence-corrected chi connectivity index (χ2v) is 5.15. The van der Waals surface area contributed by atoms with Crippen molar-refractivity contribution < 1.29 is 14.3 Å². The van der Waals surface area contributed by atoms with Crippen LogP contribution < -0.4 is 0 Å². The second kappa shape index (κ2) is 5.67. The number of hydrogen-bond donors (Lipinski definition) is 1. The van der Waals surface area contributed by atoms with Crippen molar-refractivity contribution in [3.63, 3.8) is 0 Å². The lowest BCUT2D eigenvalue weighted by atomic mass is 10.2. The molecule has 1 N–H and O–H groups in total. The van der Waals surface area contributed by atoms with Crippen LogP contribution in [0.4, 0.5) is 9.18 Å². The third-order valence-electron chi connectivity index (χ3n) is 3.03. The summed E-state index contributed by atoms with van der Waals surface area (Å²) in [7, 11) is 0. The predicted molar refractivity (Wildman–Crippen MR) is 69.0 cm³/mol. The van der Waals surface area contributed by atoms with Crippen LogP contribution in [0.15, 0.2) is 22.7 Å². The lowest BCUT2D eigenvalue weighted by molar-refractivity contribution is 0.103. The first-order chi connectivity index (χ1) is 8.56. The Balaban J connectivity index is 1.91. The van der Waals surface area contributed by atoms with Crippen molar-refractivity contribution in [3.05, 3.63) is 34.1 Å². The molecule has 0 saturated carbocycles. The number of halogens is 2. The van der Waals surface area contributed by atoms with Gasteiger partial charge in [0.05, 0.1) is 4.47 Å². The summed E-state index contributed by atoms with van der Waals surface area (Å²) < 4.78 is 13.5. The Hall–Kier alpha value is -1.14. The molecule has 1 aromatic carbocycles. The van der Waals surface area contributed by atoms with Crippen LogP contribution >= 0.6 is 15.9 Å². The summed E-state index contributed by atoms with van der Waals surface area (Å²) >= 11 is 3.16. The maximum atomic E-state index is 13.1. The van der Waals surface area contributed by atoms with E-state index in [4.69, 9.17) is 5.11 Å². The van der Waals surface area contributed by atoms with Gasteiger partial charge in [0, 0.05) is 32.7 Å². The monoisotopic (exact) mass is 316 g/mol. The van der Waals surface area contributed by atoms with Gasteiger partial charge >= 0.3 is 6.09 Å². The Morgan fingerprint density at radius 3 is 2.56 bits per heavy atom. The smallest absolute Gasteiger partial charge is 0.407 e. The molecule has 4 nitrogen and oxygen atoms in total. The first kappa shape index (κ1) is 13.3. The van der Waals surface area contributed by atoms with Gasteiger partial charge in [-0.15, -0.1) is 0 Å². The van der Waals surface area contributed by atoms with Crippen LogP contribution in [0.5, 0.6) is 0 Å². The van der Waals surface area contributed by atoms with Gasteiger partial charge in [0.25, 0.3) is 0 Å². The van der Waals surface area contributed by atoms with Gasteiger partial charge < -0.3 is 10.0 Å². The second-order valence-electron chi connectivity index (χ2n) is 4.29. The molecule has 1 aromatic rings. The maximum absolute atomic E-state index is 13.1. The highest BCUT2D eigenvalue weighted by atomic mass is 79.9. The largest absolute Gasteiger partial charge is 0.465 e.